The zero-order valence-electron chi connectivity index (χ0n) is 4.83. The van der Waals surface area contributed by atoms with E-state index in [1.54, 1.807) is 0 Å². The molecule has 1 N–H and O–H groups in total. The van der Waals surface area contributed by atoms with E-state index in [1.165, 1.54) is 4.90 Å². The van der Waals surface area contributed by atoms with Gasteiger partial charge in [-0.2, -0.15) is 0 Å². The van der Waals surface area contributed by atoms with Gasteiger partial charge in [0.2, 0.25) is 5.72 Å². The van der Waals surface area contributed by atoms with Crippen molar-refractivity contribution in [2.24, 2.45) is 0 Å². The molecule has 1 atom stereocenters. The minimum atomic E-state index is -0.539. The van der Waals surface area contributed by atoms with E-state index in [0.717, 1.165) is 0 Å². The smallest absolute Gasteiger partial charge is 0.281 e. The Kier molecular flexibility index (Phi) is 0.736. The van der Waals surface area contributed by atoms with Crippen LogP contribution in [0.4, 0.5) is 0 Å². The highest BCUT2D eigenvalue weighted by molar-refractivity contribution is 6.02. The second-order valence-electron chi connectivity index (χ2n) is 2.25. The second-order valence-corrected chi connectivity index (χ2v) is 2.25. The lowest BCUT2D eigenvalue weighted by Crippen LogP contribution is -2.08. The van der Waals surface area contributed by atoms with Crippen LogP contribution in [0.25, 0.3) is 0 Å². The van der Waals surface area contributed by atoms with Crippen molar-refractivity contribution >= 4 is 5.91 Å². The molecule has 0 radical (unpaired) electrons. The molecule has 1 amide bonds. The summed E-state index contributed by atoms with van der Waals surface area (Å²) in [6.45, 7) is 0.960. The molecule has 2 aliphatic rings. The van der Waals surface area contributed by atoms with Crippen LogP contribution >= 0.6 is 0 Å². The van der Waals surface area contributed by atoms with E-state index in [4.69, 9.17) is 9.84 Å². The molecule has 2 fully saturated rings. The molecular weight excluding hydrogens is 122 g/mol. The average molecular weight is 129 g/mol. The highest BCUT2D eigenvalue weighted by atomic mass is 16.6. The lowest BCUT2D eigenvalue weighted by molar-refractivity contribution is -0.114. The van der Waals surface area contributed by atoms with Gasteiger partial charge < -0.3 is 9.84 Å². The van der Waals surface area contributed by atoms with Gasteiger partial charge in [-0.15, -0.1) is 0 Å². The predicted molar refractivity (Wildman–Crippen MR) is 27.5 cm³/mol. The molecule has 1 unspecified atom stereocenters. The van der Waals surface area contributed by atoms with Gasteiger partial charge in [-0.25, -0.2) is 0 Å². The molecule has 2 saturated heterocycles. The van der Waals surface area contributed by atoms with Crippen LogP contribution in [0.2, 0.25) is 0 Å². The van der Waals surface area contributed by atoms with E-state index >= 15 is 0 Å². The van der Waals surface area contributed by atoms with Crippen LogP contribution in [0.3, 0.4) is 0 Å². The molecule has 2 aliphatic heterocycles. The third kappa shape index (κ3) is 0.469. The predicted octanol–water partition coefficient (Wildman–Crippen LogP) is -1.45. The van der Waals surface area contributed by atoms with Gasteiger partial charge in [0.1, 0.15) is 6.61 Å². The molecule has 50 valence electrons. The monoisotopic (exact) mass is 129 g/mol. The lowest BCUT2D eigenvalue weighted by Gasteiger charge is -1.91. The molecule has 9 heavy (non-hydrogen) atoms. The minimum absolute atomic E-state index is 0.0246. The Morgan fingerprint density at radius 2 is 2.56 bits per heavy atom. The molecule has 0 aromatic heterocycles. The normalized spacial score (nSPS) is 37.9. The summed E-state index contributed by atoms with van der Waals surface area (Å²) in [4.78, 5) is 12.2. The Bertz CT molecular complexity index is 164. The van der Waals surface area contributed by atoms with Crippen molar-refractivity contribution in [1.82, 2.24) is 4.90 Å². The van der Waals surface area contributed by atoms with Gasteiger partial charge in [0.05, 0.1) is 6.61 Å². The van der Waals surface area contributed by atoms with Crippen molar-refractivity contribution in [3.8, 4) is 0 Å². The van der Waals surface area contributed by atoms with Crippen molar-refractivity contribution in [3.05, 3.63) is 0 Å². The van der Waals surface area contributed by atoms with Crippen LogP contribution in [0.5, 0.6) is 0 Å². The van der Waals surface area contributed by atoms with Crippen molar-refractivity contribution in [3.63, 3.8) is 0 Å². The number of rotatable bonds is 2. The van der Waals surface area contributed by atoms with Gasteiger partial charge >= 0.3 is 0 Å². The first-order valence-corrected chi connectivity index (χ1v) is 2.88. The molecule has 1 spiro atoms. The van der Waals surface area contributed by atoms with Gasteiger partial charge in [-0.1, -0.05) is 0 Å². The van der Waals surface area contributed by atoms with Crippen molar-refractivity contribution < 1.29 is 14.6 Å². The number of aliphatic hydroxyl groups excluding tert-OH is 1. The SMILES string of the molecule is O=C1N(CCO)C12CO2. The number of amides is 1. The zero-order chi connectivity index (χ0) is 6.48. The summed E-state index contributed by atoms with van der Waals surface area (Å²) in [5, 5.41) is 8.41. The third-order valence-corrected chi connectivity index (χ3v) is 1.71. The Labute approximate surface area is 52.0 Å². The molecule has 0 aromatic rings. The van der Waals surface area contributed by atoms with Gasteiger partial charge in [0.15, 0.2) is 0 Å². The van der Waals surface area contributed by atoms with Crippen molar-refractivity contribution in [2.75, 3.05) is 19.8 Å². The first kappa shape index (κ1) is 5.20. The standard InChI is InChI=1S/C5H7NO3/c7-2-1-6-4(8)5(6)3-9-5/h7H,1-3H2. The van der Waals surface area contributed by atoms with Crippen LogP contribution in [0, 0.1) is 0 Å². The van der Waals surface area contributed by atoms with Crippen LogP contribution in [0.1, 0.15) is 0 Å². The second kappa shape index (κ2) is 1.27. The fraction of sp³-hybridized carbons (Fsp3) is 0.800. The Morgan fingerprint density at radius 3 is 2.89 bits per heavy atom. The maximum absolute atomic E-state index is 10.7. The van der Waals surface area contributed by atoms with Gasteiger partial charge in [0, 0.05) is 6.54 Å². The summed E-state index contributed by atoms with van der Waals surface area (Å²) in [5.41, 5.74) is -0.539. The number of β-amino-alcohol motifs (C(OH)–C–C–N with tert-alkyl or cyclic N) is 1. The molecule has 4 nitrogen and oxygen atoms in total. The largest absolute Gasteiger partial charge is 0.395 e. The maximum atomic E-state index is 10.7. The average Bonchev–Trinajstić information content (AvgIpc) is 2.68. The quantitative estimate of drug-likeness (QED) is 0.464. The Balaban J connectivity index is 1.97. The summed E-state index contributed by atoms with van der Waals surface area (Å²) < 4.78 is 4.85. The van der Waals surface area contributed by atoms with E-state index < -0.39 is 5.72 Å². The van der Waals surface area contributed by atoms with E-state index in [0.29, 0.717) is 13.2 Å². The van der Waals surface area contributed by atoms with Crippen LogP contribution in [-0.4, -0.2) is 41.4 Å². The number of hydrogen-bond donors (Lipinski definition) is 1. The topological polar surface area (TPSA) is 52.8 Å². The molecule has 4 heteroatoms. The van der Waals surface area contributed by atoms with Gasteiger partial charge in [-0.05, 0) is 0 Å². The Morgan fingerprint density at radius 1 is 1.89 bits per heavy atom. The summed E-state index contributed by atoms with van der Waals surface area (Å²) in [6.07, 6.45) is 0. The van der Waals surface area contributed by atoms with E-state index in [-0.39, 0.29) is 12.5 Å². The molecule has 0 aromatic carbocycles. The van der Waals surface area contributed by atoms with Crippen molar-refractivity contribution in [2.45, 2.75) is 5.72 Å². The number of carbonyl (C=O) groups excluding carboxylic acids is 1. The molecule has 0 bridgehead atoms. The summed E-state index contributed by atoms with van der Waals surface area (Å²) in [6, 6.07) is 0. The highest BCUT2D eigenvalue weighted by Gasteiger charge is 2.74. The van der Waals surface area contributed by atoms with E-state index in [1.807, 2.05) is 0 Å². The number of nitrogens with zero attached hydrogens (tertiary/aromatic N) is 1. The molecular formula is C5H7NO3. The third-order valence-electron chi connectivity index (χ3n) is 1.71. The van der Waals surface area contributed by atoms with Crippen LogP contribution in [-0.2, 0) is 9.53 Å². The number of hydrogen-bond acceptors (Lipinski definition) is 3. The van der Waals surface area contributed by atoms with Crippen LogP contribution in [0.15, 0.2) is 0 Å². The fourth-order valence-electron chi connectivity index (χ4n) is 1.02. The molecule has 2 rings (SSSR count). The highest BCUT2D eigenvalue weighted by Crippen LogP contribution is 2.46. The number of epoxide rings is 1. The Hall–Kier alpha value is -0.610. The maximum Gasteiger partial charge on any atom is 0.281 e. The van der Waals surface area contributed by atoms with Gasteiger partial charge in [-0.3, -0.25) is 9.69 Å². The van der Waals surface area contributed by atoms with Gasteiger partial charge in [0.25, 0.3) is 5.91 Å². The number of ether oxygens (including phenoxy) is 1. The summed E-state index contributed by atoms with van der Waals surface area (Å²) in [7, 11) is 0. The first-order chi connectivity index (χ1) is 4.31. The zero-order valence-corrected chi connectivity index (χ0v) is 4.83. The summed E-state index contributed by atoms with van der Waals surface area (Å²) in [5.74, 6) is 0.0246. The van der Waals surface area contributed by atoms with E-state index in [9.17, 15) is 4.79 Å². The summed E-state index contributed by atoms with van der Waals surface area (Å²) >= 11 is 0. The van der Waals surface area contributed by atoms with Crippen LogP contribution < -0.4 is 0 Å². The first-order valence-electron chi connectivity index (χ1n) is 2.88. The number of aliphatic hydroxyl groups is 1. The minimum Gasteiger partial charge on any atom is -0.395 e. The fourth-order valence-corrected chi connectivity index (χ4v) is 1.02. The molecule has 0 aliphatic carbocycles. The lowest BCUT2D eigenvalue weighted by atomic mass is 10.5. The van der Waals surface area contributed by atoms with Crippen molar-refractivity contribution in [1.29, 1.82) is 0 Å². The molecule has 2 heterocycles. The molecule has 0 saturated carbocycles. The van der Waals surface area contributed by atoms with E-state index in [2.05, 4.69) is 0 Å². The number of carbonyl (C=O) groups is 1.